The summed E-state index contributed by atoms with van der Waals surface area (Å²) in [6.07, 6.45) is 2.35. The molecule has 0 spiro atoms. The molecular weight excluding hydrogens is 188 g/mol. The third-order valence-electron chi connectivity index (χ3n) is 2.43. The van der Waals surface area contributed by atoms with Crippen LogP contribution in [0.4, 0.5) is 0 Å². The van der Waals surface area contributed by atoms with Gasteiger partial charge in [0.25, 0.3) is 0 Å². The van der Waals surface area contributed by atoms with E-state index in [0.717, 1.165) is 29.0 Å². The topological polar surface area (TPSA) is 52.0 Å². The molecule has 0 aliphatic carbocycles. The lowest BCUT2D eigenvalue weighted by atomic mass is 10.1. The van der Waals surface area contributed by atoms with Crippen LogP contribution in [-0.4, -0.2) is 4.98 Å². The molecule has 2 rings (SSSR count). The van der Waals surface area contributed by atoms with Gasteiger partial charge in [-0.15, -0.1) is 0 Å². The number of oxazole rings is 1. The van der Waals surface area contributed by atoms with Crippen LogP contribution in [0.3, 0.4) is 0 Å². The molecule has 0 amide bonds. The van der Waals surface area contributed by atoms with Crippen molar-refractivity contribution in [2.75, 3.05) is 0 Å². The van der Waals surface area contributed by atoms with Crippen LogP contribution >= 0.6 is 0 Å². The minimum atomic E-state index is 0.569. The second kappa shape index (κ2) is 4.28. The maximum absolute atomic E-state index is 5.54. The summed E-state index contributed by atoms with van der Waals surface area (Å²) in [6, 6.07) is 8.09. The molecule has 15 heavy (non-hydrogen) atoms. The lowest BCUT2D eigenvalue weighted by Crippen LogP contribution is -1.95. The lowest BCUT2D eigenvalue weighted by molar-refractivity contribution is 0.510. The Morgan fingerprint density at radius 1 is 1.27 bits per heavy atom. The second-order valence-corrected chi connectivity index (χ2v) is 3.38. The van der Waals surface area contributed by atoms with Crippen molar-refractivity contribution >= 4 is 0 Å². The molecule has 0 fully saturated rings. The molecule has 0 aliphatic rings. The number of rotatable bonds is 3. The smallest absolute Gasteiger partial charge is 0.181 e. The van der Waals surface area contributed by atoms with E-state index in [1.54, 1.807) is 0 Å². The highest BCUT2D eigenvalue weighted by molar-refractivity contribution is 5.61. The summed E-state index contributed by atoms with van der Waals surface area (Å²) in [5, 5.41) is 0. The summed E-state index contributed by atoms with van der Waals surface area (Å²) >= 11 is 0. The molecule has 0 saturated heterocycles. The molecule has 2 aromatic rings. The van der Waals surface area contributed by atoms with Crippen molar-refractivity contribution in [3.8, 4) is 11.3 Å². The largest absolute Gasteiger partial charge is 0.448 e. The third kappa shape index (κ3) is 1.92. The number of hydrogen-bond donors (Lipinski definition) is 1. The normalized spacial score (nSPS) is 10.5. The van der Waals surface area contributed by atoms with Gasteiger partial charge < -0.3 is 10.2 Å². The Morgan fingerprint density at radius 2 is 2.00 bits per heavy atom. The van der Waals surface area contributed by atoms with Crippen LogP contribution in [0.5, 0.6) is 0 Å². The van der Waals surface area contributed by atoms with E-state index in [9.17, 15) is 0 Å². The van der Waals surface area contributed by atoms with E-state index in [4.69, 9.17) is 10.2 Å². The van der Waals surface area contributed by atoms with Crippen molar-refractivity contribution in [1.29, 1.82) is 0 Å². The Balaban J connectivity index is 2.37. The zero-order valence-corrected chi connectivity index (χ0v) is 8.73. The minimum Gasteiger partial charge on any atom is -0.448 e. The van der Waals surface area contributed by atoms with Gasteiger partial charge in [0.15, 0.2) is 6.39 Å². The fraction of sp³-hybridized carbons (Fsp3) is 0.250. The van der Waals surface area contributed by atoms with E-state index in [0.29, 0.717) is 6.54 Å². The van der Waals surface area contributed by atoms with Crippen LogP contribution in [0.15, 0.2) is 35.1 Å². The highest BCUT2D eigenvalue weighted by Crippen LogP contribution is 2.22. The molecule has 3 heteroatoms. The molecule has 1 aromatic carbocycles. The fourth-order valence-corrected chi connectivity index (χ4v) is 1.56. The van der Waals surface area contributed by atoms with Gasteiger partial charge >= 0.3 is 0 Å². The summed E-state index contributed by atoms with van der Waals surface area (Å²) in [5.74, 6) is 0.926. The first-order valence-corrected chi connectivity index (χ1v) is 5.07. The standard InChI is InChI=1S/C12H14N2O/c1-2-11-12(14-8-15-11)10-5-3-9(7-13)4-6-10/h3-6,8H,2,7,13H2,1H3. The Bertz CT molecular complexity index is 431. The summed E-state index contributed by atoms with van der Waals surface area (Å²) in [6.45, 7) is 2.62. The maximum atomic E-state index is 5.54. The number of nitrogens with two attached hydrogens (primary N) is 1. The van der Waals surface area contributed by atoms with E-state index < -0.39 is 0 Å². The van der Waals surface area contributed by atoms with Crippen molar-refractivity contribution in [3.63, 3.8) is 0 Å². The summed E-state index contributed by atoms with van der Waals surface area (Å²) < 4.78 is 5.29. The third-order valence-corrected chi connectivity index (χ3v) is 2.43. The molecule has 0 aliphatic heterocycles. The van der Waals surface area contributed by atoms with E-state index >= 15 is 0 Å². The highest BCUT2D eigenvalue weighted by atomic mass is 16.3. The quantitative estimate of drug-likeness (QED) is 0.831. The van der Waals surface area contributed by atoms with Gasteiger partial charge in [-0.25, -0.2) is 4.98 Å². The first-order chi connectivity index (χ1) is 7.35. The Morgan fingerprint density at radius 3 is 2.60 bits per heavy atom. The molecule has 1 aromatic heterocycles. The number of nitrogens with zero attached hydrogens (tertiary/aromatic N) is 1. The SMILES string of the molecule is CCc1ocnc1-c1ccc(CN)cc1. The predicted molar refractivity (Wildman–Crippen MR) is 59.2 cm³/mol. The van der Waals surface area contributed by atoms with E-state index in [1.165, 1.54) is 6.39 Å². The van der Waals surface area contributed by atoms with Gasteiger partial charge in [-0.2, -0.15) is 0 Å². The van der Waals surface area contributed by atoms with Gasteiger partial charge in [0.2, 0.25) is 0 Å². The van der Waals surface area contributed by atoms with Gasteiger partial charge in [-0.3, -0.25) is 0 Å². The molecule has 0 saturated carbocycles. The van der Waals surface area contributed by atoms with Crippen molar-refractivity contribution < 1.29 is 4.42 Å². The summed E-state index contributed by atoms with van der Waals surface area (Å²) in [4.78, 5) is 4.21. The maximum Gasteiger partial charge on any atom is 0.181 e. The van der Waals surface area contributed by atoms with Crippen molar-refractivity contribution in [2.45, 2.75) is 19.9 Å². The van der Waals surface area contributed by atoms with E-state index in [-0.39, 0.29) is 0 Å². The van der Waals surface area contributed by atoms with Gasteiger partial charge in [0.1, 0.15) is 11.5 Å². The zero-order valence-electron chi connectivity index (χ0n) is 8.73. The van der Waals surface area contributed by atoms with Crippen LogP contribution in [0.1, 0.15) is 18.2 Å². The van der Waals surface area contributed by atoms with Crippen LogP contribution < -0.4 is 5.73 Å². The predicted octanol–water partition coefficient (Wildman–Crippen LogP) is 2.36. The average molecular weight is 202 g/mol. The molecule has 1 heterocycles. The monoisotopic (exact) mass is 202 g/mol. The lowest BCUT2D eigenvalue weighted by Gasteiger charge is -2.00. The zero-order chi connectivity index (χ0) is 10.7. The summed E-state index contributed by atoms with van der Waals surface area (Å²) in [7, 11) is 0. The van der Waals surface area contributed by atoms with E-state index in [1.807, 2.05) is 24.3 Å². The van der Waals surface area contributed by atoms with Crippen LogP contribution in [0, 0.1) is 0 Å². The average Bonchev–Trinajstić information content (AvgIpc) is 2.77. The molecule has 3 nitrogen and oxygen atoms in total. The molecule has 0 atom stereocenters. The van der Waals surface area contributed by atoms with Crippen molar-refractivity contribution in [2.24, 2.45) is 5.73 Å². The number of benzene rings is 1. The first-order valence-electron chi connectivity index (χ1n) is 5.07. The number of aryl methyl sites for hydroxylation is 1. The molecule has 2 N–H and O–H groups in total. The molecule has 78 valence electrons. The first kappa shape index (κ1) is 9.93. The van der Waals surface area contributed by atoms with Crippen molar-refractivity contribution in [3.05, 3.63) is 42.0 Å². The molecular formula is C12H14N2O. The summed E-state index contributed by atoms with van der Waals surface area (Å²) in [5.41, 5.74) is 8.68. The van der Waals surface area contributed by atoms with E-state index in [2.05, 4.69) is 11.9 Å². The number of aromatic nitrogens is 1. The second-order valence-electron chi connectivity index (χ2n) is 3.38. The van der Waals surface area contributed by atoms with Gasteiger partial charge in [0, 0.05) is 18.5 Å². The Labute approximate surface area is 88.9 Å². The van der Waals surface area contributed by atoms with Crippen LogP contribution in [-0.2, 0) is 13.0 Å². The highest BCUT2D eigenvalue weighted by Gasteiger charge is 2.07. The minimum absolute atomic E-state index is 0.569. The van der Waals surface area contributed by atoms with Gasteiger partial charge in [0.05, 0.1) is 0 Å². The van der Waals surface area contributed by atoms with Crippen LogP contribution in [0.25, 0.3) is 11.3 Å². The Hall–Kier alpha value is -1.61. The van der Waals surface area contributed by atoms with Gasteiger partial charge in [-0.1, -0.05) is 31.2 Å². The van der Waals surface area contributed by atoms with Crippen molar-refractivity contribution in [1.82, 2.24) is 4.98 Å². The molecule has 0 unspecified atom stereocenters. The van der Waals surface area contributed by atoms with Gasteiger partial charge in [-0.05, 0) is 5.56 Å². The van der Waals surface area contributed by atoms with Crippen LogP contribution in [0.2, 0.25) is 0 Å². The fourth-order valence-electron chi connectivity index (χ4n) is 1.56. The molecule has 0 radical (unpaired) electrons. The Kier molecular flexibility index (Phi) is 2.83. The molecule has 0 bridgehead atoms. The number of hydrogen-bond acceptors (Lipinski definition) is 3.